The molecule has 2 rings (SSSR count). The lowest BCUT2D eigenvalue weighted by Gasteiger charge is -2.11. The average molecular weight is 363 g/mol. The van der Waals surface area contributed by atoms with Gasteiger partial charge in [0.05, 0.1) is 14.2 Å². The van der Waals surface area contributed by atoms with Crippen molar-refractivity contribution in [3.05, 3.63) is 28.6 Å². The summed E-state index contributed by atoms with van der Waals surface area (Å²) in [5, 5.41) is 12.8. The van der Waals surface area contributed by atoms with Crippen molar-refractivity contribution in [2.45, 2.75) is 20.8 Å². The Bertz CT molecular complexity index is 810. The molecule has 0 aliphatic carbocycles. The number of carboxylic acids is 1. The third-order valence-electron chi connectivity index (χ3n) is 3.73. The summed E-state index contributed by atoms with van der Waals surface area (Å²) < 4.78 is 10.5. The van der Waals surface area contributed by atoms with E-state index in [0.29, 0.717) is 27.6 Å². The predicted octanol–water partition coefficient (Wildman–Crippen LogP) is 4.03. The number of carbonyl (C=O) groups excluding carboxylic acids is 1. The number of thiophene rings is 1. The fourth-order valence-electron chi connectivity index (χ4n) is 2.43. The first-order chi connectivity index (χ1) is 11.8. The Balaban J connectivity index is 2.60. The number of nitrogens with one attached hydrogen (secondary N) is 1. The lowest BCUT2D eigenvalue weighted by Crippen LogP contribution is -2.18. The first-order valence-corrected chi connectivity index (χ1v) is 8.51. The Morgan fingerprint density at radius 3 is 2.32 bits per heavy atom. The van der Waals surface area contributed by atoms with Crippen LogP contribution >= 0.6 is 11.3 Å². The summed E-state index contributed by atoms with van der Waals surface area (Å²) in [5.41, 5.74) is 1.34. The Morgan fingerprint density at radius 2 is 1.80 bits per heavy atom. The minimum Gasteiger partial charge on any atom is -0.493 e. The molecule has 1 heterocycles. The van der Waals surface area contributed by atoms with Gasteiger partial charge in [-0.25, -0.2) is 4.79 Å². The number of anilines is 1. The third kappa shape index (κ3) is 3.76. The van der Waals surface area contributed by atoms with Crippen LogP contribution in [0.1, 0.15) is 29.1 Å². The maximum absolute atomic E-state index is 12.0. The van der Waals surface area contributed by atoms with E-state index < -0.39 is 5.97 Å². The quantitative estimate of drug-likeness (QED) is 0.809. The van der Waals surface area contributed by atoms with Gasteiger partial charge in [0.1, 0.15) is 10.6 Å². The smallest absolute Gasteiger partial charge is 0.339 e. The molecular weight excluding hydrogens is 342 g/mol. The topological polar surface area (TPSA) is 84.9 Å². The molecule has 1 aromatic heterocycles. The molecule has 1 amide bonds. The van der Waals surface area contributed by atoms with E-state index in [1.807, 2.05) is 6.92 Å². The van der Waals surface area contributed by atoms with E-state index >= 15 is 0 Å². The molecule has 0 spiro atoms. The van der Waals surface area contributed by atoms with Crippen LogP contribution in [0.25, 0.3) is 11.1 Å². The van der Waals surface area contributed by atoms with Crippen LogP contribution < -0.4 is 14.8 Å². The lowest BCUT2D eigenvalue weighted by atomic mass is 10.0. The van der Waals surface area contributed by atoms with E-state index in [0.717, 1.165) is 4.88 Å². The maximum Gasteiger partial charge on any atom is 0.339 e. The predicted molar refractivity (Wildman–Crippen MR) is 98.0 cm³/mol. The van der Waals surface area contributed by atoms with Crippen LogP contribution in [0.15, 0.2) is 18.2 Å². The first kappa shape index (κ1) is 18.8. The summed E-state index contributed by atoms with van der Waals surface area (Å²) in [7, 11) is 3.06. The Kier molecular flexibility index (Phi) is 5.69. The molecule has 0 unspecified atom stereocenters. The van der Waals surface area contributed by atoms with Crippen molar-refractivity contribution in [1.29, 1.82) is 0 Å². The molecule has 0 saturated heterocycles. The van der Waals surface area contributed by atoms with Crippen molar-refractivity contribution in [1.82, 2.24) is 0 Å². The zero-order valence-corrected chi connectivity index (χ0v) is 15.6. The molecule has 0 bridgehead atoms. The number of amides is 1. The molecule has 6 nitrogen and oxygen atoms in total. The largest absolute Gasteiger partial charge is 0.493 e. The number of hydrogen-bond donors (Lipinski definition) is 2. The second-order valence-electron chi connectivity index (χ2n) is 5.76. The zero-order chi connectivity index (χ0) is 18.7. The fraction of sp³-hybridized carbons (Fsp3) is 0.333. The number of carboxylic acid groups (broad SMARTS) is 1. The van der Waals surface area contributed by atoms with Crippen molar-refractivity contribution in [2.24, 2.45) is 5.92 Å². The molecule has 0 aliphatic rings. The summed E-state index contributed by atoms with van der Waals surface area (Å²) in [6.45, 7) is 5.34. The molecule has 1 aromatic carbocycles. The number of carbonyl (C=O) groups is 2. The third-order valence-corrected chi connectivity index (χ3v) is 4.75. The van der Waals surface area contributed by atoms with Gasteiger partial charge in [0.25, 0.3) is 0 Å². The number of ether oxygens (including phenoxy) is 2. The molecule has 2 N–H and O–H groups in total. The highest BCUT2D eigenvalue weighted by atomic mass is 32.1. The van der Waals surface area contributed by atoms with Crippen LogP contribution in [-0.2, 0) is 4.79 Å². The summed E-state index contributed by atoms with van der Waals surface area (Å²) in [6, 6.07) is 5.23. The summed E-state index contributed by atoms with van der Waals surface area (Å²) in [5.74, 6) is -0.483. The van der Waals surface area contributed by atoms with Gasteiger partial charge in [-0.15, -0.1) is 11.3 Å². The molecule has 0 radical (unpaired) electrons. The van der Waals surface area contributed by atoms with Gasteiger partial charge < -0.3 is 19.9 Å². The van der Waals surface area contributed by atoms with Crippen molar-refractivity contribution < 1.29 is 24.2 Å². The fourth-order valence-corrected chi connectivity index (χ4v) is 3.50. The van der Waals surface area contributed by atoms with Crippen molar-refractivity contribution in [3.8, 4) is 22.6 Å². The monoisotopic (exact) mass is 363 g/mol. The van der Waals surface area contributed by atoms with Crippen LogP contribution in [0, 0.1) is 12.8 Å². The molecular formula is C18H21NO5S. The number of methoxy groups -OCH3 is 2. The van der Waals surface area contributed by atoms with Gasteiger partial charge in [-0.3, -0.25) is 4.79 Å². The summed E-state index contributed by atoms with van der Waals surface area (Å²) >= 11 is 1.25. The normalized spacial score (nSPS) is 10.6. The van der Waals surface area contributed by atoms with Gasteiger partial charge in [-0.05, 0) is 24.6 Å². The van der Waals surface area contributed by atoms with Crippen LogP contribution in [0.2, 0.25) is 0 Å². The number of rotatable bonds is 6. The average Bonchev–Trinajstić information content (AvgIpc) is 2.90. The number of aryl methyl sites for hydroxylation is 1. The van der Waals surface area contributed by atoms with E-state index in [2.05, 4.69) is 5.32 Å². The van der Waals surface area contributed by atoms with Gasteiger partial charge in [0, 0.05) is 16.4 Å². The van der Waals surface area contributed by atoms with E-state index in [4.69, 9.17) is 9.47 Å². The summed E-state index contributed by atoms with van der Waals surface area (Å²) in [6.07, 6.45) is 0. The molecule has 0 saturated carbocycles. The zero-order valence-electron chi connectivity index (χ0n) is 14.8. The second-order valence-corrected chi connectivity index (χ2v) is 6.98. The molecule has 0 aliphatic heterocycles. The van der Waals surface area contributed by atoms with Crippen LogP contribution in [0.3, 0.4) is 0 Å². The Morgan fingerprint density at radius 1 is 1.16 bits per heavy atom. The van der Waals surface area contributed by atoms with Crippen molar-refractivity contribution in [2.75, 3.05) is 19.5 Å². The number of hydrogen-bond acceptors (Lipinski definition) is 5. The highest BCUT2D eigenvalue weighted by molar-refractivity contribution is 7.17. The summed E-state index contributed by atoms with van der Waals surface area (Å²) in [4.78, 5) is 24.6. The molecule has 0 atom stereocenters. The molecule has 7 heteroatoms. The highest BCUT2D eigenvalue weighted by Crippen LogP contribution is 2.42. The van der Waals surface area contributed by atoms with Crippen LogP contribution in [0.4, 0.5) is 5.00 Å². The van der Waals surface area contributed by atoms with Gasteiger partial charge in [-0.2, -0.15) is 0 Å². The minimum absolute atomic E-state index is 0.0868. The van der Waals surface area contributed by atoms with Crippen molar-refractivity contribution in [3.63, 3.8) is 0 Å². The molecule has 25 heavy (non-hydrogen) atoms. The standard InChI is InChI=1S/C18H21NO5S/c1-9(2)16(20)19-17-15(18(21)22)14(10(3)25-17)11-6-7-12(23-4)13(8-11)24-5/h6-9H,1-5H3,(H,19,20)(H,21,22). The first-order valence-electron chi connectivity index (χ1n) is 7.70. The Labute approximate surface area is 150 Å². The Hall–Kier alpha value is -2.54. The van der Waals surface area contributed by atoms with Crippen LogP contribution in [0.5, 0.6) is 11.5 Å². The maximum atomic E-state index is 12.0. The van der Waals surface area contributed by atoms with E-state index in [-0.39, 0.29) is 17.4 Å². The molecule has 134 valence electrons. The number of aromatic carboxylic acids is 1. The van der Waals surface area contributed by atoms with Gasteiger partial charge >= 0.3 is 5.97 Å². The lowest BCUT2D eigenvalue weighted by molar-refractivity contribution is -0.118. The van der Waals surface area contributed by atoms with E-state index in [1.54, 1.807) is 32.0 Å². The SMILES string of the molecule is COc1ccc(-c2c(C)sc(NC(=O)C(C)C)c2C(=O)O)cc1OC. The van der Waals surface area contributed by atoms with Crippen LogP contribution in [-0.4, -0.2) is 31.2 Å². The van der Waals surface area contributed by atoms with E-state index in [9.17, 15) is 14.7 Å². The molecule has 0 fully saturated rings. The van der Waals surface area contributed by atoms with Gasteiger partial charge in [0.15, 0.2) is 11.5 Å². The van der Waals surface area contributed by atoms with Gasteiger partial charge in [-0.1, -0.05) is 19.9 Å². The van der Waals surface area contributed by atoms with Crippen molar-refractivity contribution >= 4 is 28.2 Å². The molecule has 2 aromatic rings. The minimum atomic E-state index is -1.09. The highest BCUT2D eigenvalue weighted by Gasteiger charge is 2.25. The number of benzene rings is 1. The second kappa shape index (κ2) is 7.57. The van der Waals surface area contributed by atoms with Gasteiger partial charge in [0.2, 0.25) is 5.91 Å². The van der Waals surface area contributed by atoms with E-state index in [1.165, 1.54) is 25.6 Å².